The molecule has 0 aromatic heterocycles. The quantitative estimate of drug-likeness (QED) is 0.785. The predicted octanol–water partition coefficient (Wildman–Crippen LogP) is 3.05. The van der Waals surface area contributed by atoms with E-state index in [2.05, 4.69) is 25.2 Å². The number of halogens is 2. The van der Waals surface area contributed by atoms with Crippen molar-refractivity contribution in [3.05, 3.63) is 33.8 Å². The molecule has 0 saturated carbocycles. The Hall–Kier alpha value is -0.280. The Kier molecular flexibility index (Phi) is 3.43. The second-order valence-electron chi connectivity index (χ2n) is 5.04. The summed E-state index contributed by atoms with van der Waals surface area (Å²) in [4.78, 5) is 0. The fraction of sp³-hybridized carbons (Fsp3) is 0.538. The maximum Gasteiger partial charge on any atom is 0.0863 e. The minimum absolute atomic E-state index is 0. The standard InChI is InChI=1S/C13H16ClNO.ClH/c1-8-3-4-11(14)9-6-16-13(2)7-15-5-10(13)12(8)9;/h3-4,10,15H,5-7H2,1-2H3;1H/t10-,13-;/m0./s1. The van der Waals surface area contributed by atoms with Gasteiger partial charge >= 0.3 is 0 Å². The Labute approximate surface area is 113 Å². The summed E-state index contributed by atoms with van der Waals surface area (Å²) in [5.74, 6) is 0.440. The summed E-state index contributed by atoms with van der Waals surface area (Å²) in [5.41, 5.74) is 3.88. The number of rotatable bonds is 0. The van der Waals surface area contributed by atoms with Gasteiger partial charge in [-0.05, 0) is 31.0 Å². The zero-order valence-corrected chi connectivity index (χ0v) is 11.6. The van der Waals surface area contributed by atoms with Crippen molar-refractivity contribution in [2.24, 2.45) is 0 Å². The molecule has 1 fully saturated rings. The lowest BCUT2D eigenvalue weighted by Crippen LogP contribution is -2.40. The first-order chi connectivity index (χ1) is 7.62. The average Bonchev–Trinajstić information content (AvgIpc) is 2.64. The molecule has 0 unspecified atom stereocenters. The van der Waals surface area contributed by atoms with Gasteiger partial charge in [0.05, 0.1) is 12.2 Å². The zero-order chi connectivity index (χ0) is 11.3. The minimum Gasteiger partial charge on any atom is -0.369 e. The van der Waals surface area contributed by atoms with Crippen molar-refractivity contribution < 1.29 is 4.74 Å². The van der Waals surface area contributed by atoms with Gasteiger partial charge in [-0.15, -0.1) is 12.4 Å². The molecule has 1 aromatic carbocycles. The van der Waals surface area contributed by atoms with E-state index in [-0.39, 0.29) is 18.0 Å². The monoisotopic (exact) mass is 273 g/mol. The molecule has 17 heavy (non-hydrogen) atoms. The van der Waals surface area contributed by atoms with Crippen LogP contribution in [0.25, 0.3) is 0 Å². The van der Waals surface area contributed by atoms with Crippen molar-refractivity contribution in [1.82, 2.24) is 5.32 Å². The number of nitrogens with one attached hydrogen (secondary N) is 1. The number of hydrogen-bond donors (Lipinski definition) is 1. The molecule has 2 heterocycles. The van der Waals surface area contributed by atoms with E-state index in [9.17, 15) is 0 Å². The number of benzene rings is 1. The molecule has 2 atom stereocenters. The van der Waals surface area contributed by atoms with Gasteiger partial charge in [-0.3, -0.25) is 0 Å². The van der Waals surface area contributed by atoms with Crippen molar-refractivity contribution in [3.8, 4) is 0 Å². The highest BCUT2D eigenvalue weighted by molar-refractivity contribution is 6.31. The third-order valence-corrected chi connectivity index (χ3v) is 4.33. The topological polar surface area (TPSA) is 21.3 Å². The first-order valence-electron chi connectivity index (χ1n) is 5.74. The number of ether oxygens (including phenoxy) is 1. The highest BCUT2D eigenvalue weighted by atomic mass is 35.5. The number of aryl methyl sites for hydroxylation is 1. The normalized spacial score (nSPS) is 30.4. The van der Waals surface area contributed by atoms with Gasteiger partial charge in [0.25, 0.3) is 0 Å². The molecule has 0 spiro atoms. The van der Waals surface area contributed by atoms with Crippen LogP contribution in [0.4, 0.5) is 0 Å². The second kappa shape index (κ2) is 4.43. The van der Waals surface area contributed by atoms with Gasteiger partial charge in [-0.25, -0.2) is 0 Å². The molecule has 0 radical (unpaired) electrons. The minimum atomic E-state index is -0.0531. The van der Waals surface area contributed by atoms with Gasteiger partial charge in [0.2, 0.25) is 0 Å². The van der Waals surface area contributed by atoms with Crippen molar-refractivity contribution in [1.29, 1.82) is 0 Å². The van der Waals surface area contributed by atoms with Crippen LogP contribution in [0.2, 0.25) is 5.02 Å². The van der Waals surface area contributed by atoms with Crippen molar-refractivity contribution in [2.45, 2.75) is 32.0 Å². The fourth-order valence-electron chi connectivity index (χ4n) is 2.99. The Morgan fingerprint density at radius 3 is 3.00 bits per heavy atom. The maximum absolute atomic E-state index is 6.25. The van der Waals surface area contributed by atoms with Gasteiger partial charge in [0.1, 0.15) is 0 Å². The Bertz CT molecular complexity index is 449. The lowest BCUT2D eigenvalue weighted by Gasteiger charge is -2.38. The summed E-state index contributed by atoms with van der Waals surface area (Å²) in [5, 5.41) is 4.27. The maximum atomic E-state index is 6.25. The van der Waals surface area contributed by atoms with Crippen LogP contribution in [0.3, 0.4) is 0 Å². The lowest BCUT2D eigenvalue weighted by molar-refractivity contribution is -0.0519. The van der Waals surface area contributed by atoms with Crippen LogP contribution in [0.5, 0.6) is 0 Å². The molecule has 2 aliphatic rings. The molecule has 1 saturated heterocycles. The van der Waals surface area contributed by atoms with Gasteiger partial charge < -0.3 is 10.1 Å². The first-order valence-corrected chi connectivity index (χ1v) is 6.12. The summed E-state index contributed by atoms with van der Waals surface area (Å²) < 4.78 is 6.00. The molecule has 0 bridgehead atoms. The zero-order valence-electron chi connectivity index (χ0n) is 10.0. The Morgan fingerprint density at radius 1 is 1.47 bits per heavy atom. The smallest absolute Gasteiger partial charge is 0.0863 e. The first kappa shape index (κ1) is 13.2. The Morgan fingerprint density at radius 2 is 2.24 bits per heavy atom. The summed E-state index contributed by atoms with van der Waals surface area (Å²) in [6.07, 6.45) is 0. The highest BCUT2D eigenvalue weighted by Gasteiger charge is 2.45. The van der Waals surface area contributed by atoms with E-state index in [1.165, 1.54) is 16.7 Å². The largest absolute Gasteiger partial charge is 0.369 e. The molecular formula is C13H17Cl2NO. The molecule has 2 nitrogen and oxygen atoms in total. The van der Waals surface area contributed by atoms with Gasteiger partial charge in [0.15, 0.2) is 0 Å². The van der Waals surface area contributed by atoms with Crippen molar-refractivity contribution in [3.63, 3.8) is 0 Å². The van der Waals surface area contributed by atoms with Crippen LogP contribution in [-0.2, 0) is 11.3 Å². The lowest BCUT2D eigenvalue weighted by atomic mass is 9.79. The molecule has 1 N–H and O–H groups in total. The van der Waals surface area contributed by atoms with Crippen LogP contribution < -0.4 is 5.32 Å². The molecule has 1 aromatic rings. The van der Waals surface area contributed by atoms with Crippen LogP contribution >= 0.6 is 24.0 Å². The number of hydrogen-bond acceptors (Lipinski definition) is 2. The molecule has 3 rings (SSSR count). The van der Waals surface area contributed by atoms with Gasteiger partial charge in [0, 0.05) is 29.6 Å². The Balaban J connectivity index is 0.00000108. The van der Waals surface area contributed by atoms with E-state index in [1.807, 2.05) is 6.07 Å². The van der Waals surface area contributed by atoms with Crippen molar-refractivity contribution >= 4 is 24.0 Å². The van der Waals surface area contributed by atoms with E-state index < -0.39 is 0 Å². The average molecular weight is 274 g/mol. The van der Waals surface area contributed by atoms with Crippen LogP contribution in [0, 0.1) is 6.92 Å². The van der Waals surface area contributed by atoms with E-state index >= 15 is 0 Å². The molecule has 4 heteroatoms. The van der Waals surface area contributed by atoms with Crippen molar-refractivity contribution in [2.75, 3.05) is 13.1 Å². The third-order valence-electron chi connectivity index (χ3n) is 3.97. The highest BCUT2D eigenvalue weighted by Crippen LogP contribution is 2.44. The van der Waals surface area contributed by atoms with Gasteiger partial charge in [-0.2, -0.15) is 0 Å². The molecule has 94 valence electrons. The number of fused-ring (bicyclic) bond motifs is 3. The van der Waals surface area contributed by atoms with Crippen LogP contribution in [0.1, 0.15) is 29.5 Å². The second-order valence-corrected chi connectivity index (χ2v) is 5.45. The summed E-state index contributed by atoms with van der Waals surface area (Å²) >= 11 is 6.25. The summed E-state index contributed by atoms with van der Waals surface area (Å²) in [6, 6.07) is 4.09. The predicted molar refractivity (Wildman–Crippen MR) is 72.2 cm³/mol. The van der Waals surface area contributed by atoms with Crippen LogP contribution in [-0.4, -0.2) is 18.7 Å². The molecular weight excluding hydrogens is 257 g/mol. The van der Waals surface area contributed by atoms with E-state index in [0.717, 1.165) is 18.1 Å². The van der Waals surface area contributed by atoms with E-state index in [1.54, 1.807) is 0 Å². The fourth-order valence-corrected chi connectivity index (χ4v) is 3.21. The van der Waals surface area contributed by atoms with E-state index in [0.29, 0.717) is 12.5 Å². The summed E-state index contributed by atoms with van der Waals surface area (Å²) in [7, 11) is 0. The molecule has 0 amide bonds. The third kappa shape index (κ3) is 1.88. The SMILES string of the molecule is Cc1ccc(Cl)c2c1[C@@H]1CNC[C@]1(C)OC2.Cl. The van der Waals surface area contributed by atoms with E-state index in [4.69, 9.17) is 16.3 Å². The van der Waals surface area contributed by atoms with Crippen LogP contribution in [0.15, 0.2) is 12.1 Å². The summed E-state index contributed by atoms with van der Waals surface area (Å²) in [6.45, 7) is 6.93. The van der Waals surface area contributed by atoms with Gasteiger partial charge in [-0.1, -0.05) is 17.7 Å². The molecule has 2 aliphatic heterocycles. The molecule has 0 aliphatic carbocycles.